The lowest BCUT2D eigenvalue weighted by atomic mass is 9.94. The number of sulfonamides is 1. The molecule has 0 unspecified atom stereocenters. The first-order valence-electron chi connectivity index (χ1n) is 8.96. The van der Waals surface area contributed by atoms with Gasteiger partial charge in [0.25, 0.3) is 0 Å². The van der Waals surface area contributed by atoms with Crippen LogP contribution in [0.3, 0.4) is 0 Å². The van der Waals surface area contributed by atoms with E-state index in [4.69, 9.17) is 0 Å². The van der Waals surface area contributed by atoms with E-state index in [1.54, 1.807) is 0 Å². The number of amides is 2. The first-order valence-corrected chi connectivity index (χ1v) is 10.8. The highest BCUT2D eigenvalue weighted by Crippen LogP contribution is 2.31. The fraction of sp³-hybridized carbons (Fsp3) is 0.556. The summed E-state index contributed by atoms with van der Waals surface area (Å²) in [6.45, 7) is 0.950. The summed E-state index contributed by atoms with van der Waals surface area (Å²) in [7, 11) is -3.67. The third kappa shape index (κ3) is 3.98. The van der Waals surface area contributed by atoms with Crippen LogP contribution in [0.25, 0.3) is 0 Å². The molecule has 1 heterocycles. The Morgan fingerprint density at radius 2 is 1.96 bits per heavy atom. The van der Waals surface area contributed by atoms with Crippen LogP contribution >= 0.6 is 0 Å². The van der Waals surface area contributed by atoms with Crippen molar-refractivity contribution in [3.8, 4) is 0 Å². The highest BCUT2D eigenvalue weighted by atomic mass is 32.2. The highest BCUT2D eigenvalue weighted by molar-refractivity contribution is 7.88. The molecule has 1 saturated carbocycles. The Kier molecular flexibility index (Phi) is 5.27. The molecule has 0 aromatic heterocycles. The van der Waals surface area contributed by atoms with Crippen LogP contribution in [0, 0.1) is 5.82 Å². The van der Waals surface area contributed by atoms with Gasteiger partial charge in [0.05, 0.1) is 12.8 Å². The Morgan fingerprint density at radius 1 is 1.30 bits per heavy atom. The third-order valence-electron chi connectivity index (χ3n) is 5.25. The molecule has 148 valence electrons. The molecule has 1 aliphatic heterocycles. The topological polar surface area (TPSA) is 86.8 Å². The molecule has 1 N–H and O–H groups in total. The Bertz CT molecular complexity index is 854. The van der Waals surface area contributed by atoms with Gasteiger partial charge in [-0.3, -0.25) is 14.5 Å². The lowest BCUT2D eigenvalue weighted by molar-refractivity contribution is -0.133. The number of carbonyl (C=O) groups is 2. The summed E-state index contributed by atoms with van der Waals surface area (Å²) in [4.78, 5) is 27.2. The molecule has 1 saturated heterocycles. The number of carbonyl (C=O) groups excluding carboxylic acids is 2. The molecule has 0 bridgehead atoms. The SMILES string of the molecule is C[C@@]1(C(=O)NC2CCCC2)CN(S(C)(=O)=O)CC(=O)N1c1cccc(F)c1. The highest BCUT2D eigenvalue weighted by Gasteiger charge is 2.50. The van der Waals surface area contributed by atoms with Crippen LogP contribution in [0.1, 0.15) is 32.6 Å². The number of halogens is 1. The zero-order valence-corrected chi connectivity index (χ0v) is 16.3. The maximum Gasteiger partial charge on any atom is 0.247 e. The van der Waals surface area contributed by atoms with Crippen molar-refractivity contribution in [3.63, 3.8) is 0 Å². The van der Waals surface area contributed by atoms with Crippen LogP contribution in [0.5, 0.6) is 0 Å². The van der Waals surface area contributed by atoms with Gasteiger partial charge in [0, 0.05) is 18.3 Å². The largest absolute Gasteiger partial charge is 0.351 e. The smallest absolute Gasteiger partial charge is 0.247 e. The van der Waals surface area contributed by atoms with E-state index in [1.165, 1.54) is 36.1 Å². The minimum Gasteiger partial charge on any atom is -0.351 e. The molecule has 1 atom stereocenters. The number of rotatable bonds is 4. The number of benzene rings is 1. The molecule has 2 aliphatic rings. The zero-order chi connectivity index (χ0) is 19.8. The minimum absolute atomic E-state index is 0.00685. The summed E-state index contributed by atoms with van der Waals surface area (Å²) in [6.07, 6.45) is 4.75. The van der Waals surface area contributed by atoms with E-state index in [2.05, 4.69) is 5.32 Å². The monoisotopic (exact) mass is 397 g/mol. The van der Waals surface area contributed by atoms with Crippen LogP contribution in [0.2, 0.25) is 0 Å². The van der Waals surface area contributed by atoms with E-state index >= 15 is 0 Å². The van der Waals surface area contributed by atoms with Crippen molar-refractivity contribution in [1.82, 2.24) is 9.62 Å². The Balaban J connectivity index is 2.00. The molecule has 2 fully saturated rings. The van der Waals surface area contributed by atoms with Gasteiger partial charge in [-0.25, -0.2) is 12.8 Å². The van der Waals surface area contributed by atoms with Gasteiger partial charge in [-0.15, -0.1) is 0 Å². The van der Waals surface area contributed by atoms with Gasteiger partial charge < -0.3 is 5.32 Å². The minimum atomic E-state index is -3.67. The van der Waals surface area contributed by atoms with Crippen molar-refractivity contribution in [2.24, 2.45) is 0 Å². The lowest BCUT2D eigenvalue weighted by Crippen LogP contribution is -2.70. The second-order valence-corrected chi connectivity index (χ2v) is 9.45. The molecule has 1 aliphatic carbocycles. The Labute approximate surface area is 158 Å². The van der Waals surface area contributed by atoms with E-state index in [9.17, 15) is 22.4 Å². The number of hydrogen-bond acceptors (Lipinski definition) is 4. The number of piperazine rings is 1. The van der Waals surface area contributed by atoms with Crippen LogP contribution in [-0.2, 0) is 19.6 Å². The predicted molar refractivity (Wildman–Crippen MR) is 99.1 cm³/mol. The van der Waals surface area contributed by atoms with Crippen molar-refractivity contribution in [1.29, 1.82) is 0 Å². The van der Waals surface area contributed by atoms with Crippen LogP contribution in [0.15, 0.2) is 24.3 Å². The van der Waals surface area contributed by atoms with Gasteiger partial charge in [0.1, 0.15) is 11.4 Å². The van der Waals surface area contributed by atoms with Crippen molar-refractivity contribution >= 4 is 27.5 Å². The van der Waals surface area contributed by atoms with Crippen LogP contribution < -0.4 is 10.2 Å². The fourth-order valence-electron chi connectivity index (χ4n) is 3.83. The summed E-state index contributed by atoms with van der Waals surface area (Å²) in [5, 5.41) is 2.95. The summed E-state index contributed by atoms with van der Waals surface area (Å²) in [5.74, 6) is -1.54. The summed E-state index contributed by atoms with van der Waals surface area (Å²) in [6, 6.07) is 5.42. The first-order chi connectivity index (χ1) is 12.6. The summed E-state index contributed by atoms with van der Waals surface area (Å²) >= 11 is 0. The molecular weight excluding hydrogens is 373 g/mol. The maximum absolute atomic E-state index is 13.8. The molecular formula is C18H24FN3O4S. The van der Waals surface area contributed by atoms with Gasteiger partial charge in [0.15, 0.2) is 0 Å². The van der Waals surface area contributed by atoms with Gasteiger partial charge >= 0.3 is 0 Å². The van der Waals surface area contributed by atoms with E-state index in [0.29, 0.717) is 0 Å². The molecule has 0 radical (unpaired) electrons. The normalized spacial score (nSPS) is 25.0. The van der Waals surface area contributed by atoms with Crippen molar-refractivity contribution in [2.45, 2.75) is 44.2 Å². The molecule has 2 amide bonds. The Morgan fingerprint density at radius 3 is 2.56 bits per heavy atom. The molecule has 7 nitrogen and oxygen atoms in total. The van der Waals surface area contributed by atoms with E-state index < -0.39 is 33.2 Å². The summed E-state index contributed by atoms with van der Waals surface area (Å²) < 4.78 is 38.8. The van der Waals surface area contributed by atoms with Crippen LogP contribution in [-0.4, -0.2) is 55.5 Å². The second kappa shape index (κ2) is 7.20. The van der Waals surface area contributed by atoms with Crippen LogP contribution in [0.4, 0.5) is 10.1 Å². The number of nitrogens with one attached hydrogen (secondary N) is 1. The first kappa shape index (κ1) is 19.8. The van der Waals surface area contributed by atoms with Gasteiger partial charge in [0.2, 0.25) is 21.8 Å². The lowest BCUT2D eigenvalue weighted by Gasteiger charge is -2.46. The summed E-state index contributed by atoms with van der Waals surface area (Å²) in [5.41, 5.74) is -1.24. The van der Waals surface area contributed by atoms with Crippen molar-refractivity contribution < 1.29 is 22.4 Å². The molecule has 1 aromatic carbocycles. The molecule has 9 heteroatoms. The van der Waals surface area contributed by atoms with E-state index in [-0.39, 0.29) is 24.8 Å². The number of anilines is 1. The Hall–Kier alpha value is -2.00. The quantitative estimate of drug-likeness (QED) is 0.829. The average molecular weight is 397 g/mol. The molecule has 3 rings (SSSR count). The van der Waals surface area contributed by atoms with Crippen molar-refractivity contribution in [3.05, 3.63) is 30.1 Å². The van der Waals surface area contributed by atoms with E-state index in [1.807, 2.05) is 0 Å². The molecule has 27 heavy (non-hydrogen) atoms. The van der Waals surface area contributed by atoms with Gasteiger partial charge in [-0.05, 0) is 38.0 Å². The third-order valence-corrected chi connectivity index (χ3v) is 6.45. The number of hydrogen-bond donors (Lipinski definition) is 1. The van der Waals surface area contributed by atoms with Crippen molar-refractivity contribution in [2.75, 3.05) is 24.2 Å². The number of nitrogens with zero attached hydrogens (tertiary/aromatic N) is 2. The average Bonchev–Trinajstić information content (AvgIpc) is 3.06. The predicted octanol–water partition coefficient (Wildman–Crippen LogP) is 1.25. The second-order valence-electron chi connectivity index (χ2n) is 7.47. The zero-order valence-electron chi connectivity index (χ0n) is 15.4. The fourth-order valence-corrected chi connectivity index (χ4v) is 4.66. The molecule has 0 spiro atoms. The maximum atomic E-state index is 13.8. The van der Waals surface area contributed by atoms with Gasteiger partial charge in [-0.2, -0.15) is 4.31 Å². The van der Waals surface area contributed by atoms with Gasteiger partial charge in [-0.1, -0.05) is 18.9 Å². The van der Waals surface area contributed by atoms with E-state index in [0.717, 1.165) is 36.2 Å². The molecule has 1 aromatic rings. The standard InChI is InChI=1S/C18H24FN3O4S/c1-18(17(24)20-14-7-3-4-8-14)12-21(27(2,25)26)11-16(23)22(18)15-9-5-6-13(19)10-15/h5-6,9-10,14H,3-4,7-8,11-12H2,1-2H3,(H,20,24)/t18-/m0/s1.